The van der Waals surface area contributed by atoms with Gasteiger partial charge in [0, 0.05) is 24.0 Å². The lowest BCUT2D eigenvalue weighted by atomic mass is 10.1. The second kappa shape index (κ2) is 3.61. The highest BCUT2D eigenvalue weighted by molar-refractivity contribution is 5.62. The molecule has 2 rings (SSSR count). The Morgan fingerprint density at radius 2 is 1.87 bits per heavy atom. The van der Waals surface area contributed by atoms with Crippen LogP contribution in [0.1, 0.15) is 0 Å². The van der Waals surface area contributed by atoms with Crippen LogP contribution in [0.4, 0.5) is 14.5 Å². The number of benzene rings is 1. The van der Waals surface area contributed by atoms with E-state index in [4.69, 9.17) is 5.73 Å². The maximum absolute atomic E-state index is 13.4. The Morgan fingerprint density at radius 3 is 2.53 bits per heavy atom. The summed E-state index contributed by atoms with van der Waals surface area (Å²) in [6, 6.07) is 1.94. The molecule has 1 aromatic heterocycles. The number of halogens is 2. The second-order valence-electron chi connectivity index (χ2n) is 2.94. The van der Waals surface area contributed by atoms with E-state index in [1.165, 1.54) is 18.6 Å². The average molecular weight is 207 g/mol. The zero-order valence-corrected chi connectivity index (χ0v) is 7.61. The standard InChI is InChI=1S/C10H7F2N3/c11-7-4-9(13)8(12)3-6(7)10-5-14-1-2-15-10/h1-5H,13H2. The Balaban J connectivity index is 2.59. The van der Waals surface area contributed by atoms with Gasteiger partial charge in [-0.2, -0.15) is 0 Å². The summed E-state index contributed by atoms with van der Waals surface area (Å²) in [6.07, 6.45) is 4.21. The molecule has 0 spiro atoms. The zero-order valence-electron chi connectivity index (χ0n) is 7.61. The Hall–Kier alpha value is -2.04. The number of anilines is 1. The topological polar surface area (TPSA) is 51.8 Å². The molecule has 5 heteroatoms. The van der Waals surface area contributed by atoms with Gasteiger partial charge in [-0.15, -0.1) is 0 Å². The van der Waals surface area contributed by atoms with Gasteiger partial charge in [0.15, 0.2) is 0 Å². The van der Waals surface area contributed by atoms with Crippen LogP contribution in [-0.4, -0.2) is 9.97 Å². The molecule has 1 heterocycles. The quantitative estimate of drug-likeness (QED) is 0.727. The van der Waals surface area contributed by atoms with E-state index in [0.29, 0.717) is 0 Å². The molecule has 0 atom stereocenters. The van der Waals surface area contributed by atoms with Crippen molar-refractivity contribution < 1.29 is 8.78 Å². The first kappa shape index (κ1) is 9.51. The van der Waals surface area contributed by atoms with Crippen LogP contribution in [-0.2, 0) is 0 Å². The normalized spacial score (nSPS) is 10.3. The molecule has 0 aliphatic heterocycles. The van der Waals surface area contributed by atoms with Crippen molar-refractivity contribution in [1.82, 2.24) is 9.97 Å². The third kappa shape index (κ3) is 1.76. The molecular formula is C10H7F2N3. The minimum absolute atomic E-state index is 0.0507. The van der Waals surface area contributed by atoms with E-state index >= 15 is 0 Å². The van der Waals surface area contributed by atoms with Gasteiger partial charge in [0.05, 0.1) is 17.6 Å². The summed E-state index contributed by atoms with van der Waals surface area (Å²) in [5.41, 5.74) is 5.32. The first-order chi connectivity index (χ1) is 7.18. The van der Waals surface area contributed by atoms with E-state index < -0.39 is 11.6 Å². The number of hydrogen-bond acceptors (Lipinski definition) is 3. The smallest absolute Gasteiger partial charge is 0.146 e. The minimum Gasteiger partial charge on any atom is -0.396 e. The molecule has 0 fully saturated rings. The predicted octanol–water partition coefficient (Wildman–Crippen LogP) is 2.00. The summed E-state index contributed by atoms with van der Waals surface area (Å²) < 4.78 is 26.5. The molecule has 3 nitrogen and oxygen atoms in total. The molecule has 15 heavy (non-hydrogen) atoms. The maximum Gasteiger partial charge on any atom is 0.146 e. The van der Waals surface area contributed by atoms with Gasteiger partial charge in [-0.1, -0.05) is 0 Å². The van der Waals surface area contributed by atoms with Gasteiger partial charge in [-0.25, -0.2) is 8.78 Å². The summed E-state index contributed by atoms with van der Waals surface area (Å²) in [5, 5.41) is 0. The third-order valence-corrected chi connectivity index (χ3v) is 1.93. The fourth-order valence-corrected chi connectivity index (χ4v) is 1.20. The third-order valence-electron chi connectivity index (χ3n) is 1.93. The van der Waals surface area contributed by atoms with Crippen molar-refractivity contribution >= 4 is 5.69 Å². The van der Waals surface area contributed by atoms with Gasteiger partial charge in [0.25, 0.3) is 0 Å². The number of nitrogens with zero attached hydrogens (tertiary/aromatic N) is 2. The fourth-order valence-electron chi connectivity index (χ4n) is 1.20. The molecule has 2 N–H and O–H groups in total. The van der Waals surface area contributed by atoms with Gasteiger partial charge in [0.1, 0.15) is 11.6 Å². The van der Waals surface area contributed by atoms with E-state index in [1.54, 1.807) is 0 Å². The lowest BCUT2D eigenvalue weighted by Gasteiger charge is -2.03. The highest BCUT2D eigenvalue weighted by Gasteiger charge is 2.10. The van der Waals surface area contributed by atoms with Crippen LogP contribution in [0.25, 0.3) is 11.3 Å². The van der Waals surface area contributed by atoms with Crippen molar-refractivity contribution in [2.75, 3.05) is 5.73 Å². The summed E-state index contributed by atoms with van der Waals surface area (Å²) in [6.45, 7) is 0. The number of nitrogen functional groups attached to an aromatic ring is 1. The highest BCUT2D eigenvalue weighted by Crippen LogP contribution is 2.24. The molecule has 0 radical (unpaired) electrons. The van der Waals surface area contributed by atoms with E-state index in [9.17, 15) is 8.78 Å². The SMILES string of the molecule is Nc1cc(F)c(-c2cnccn2)cc1F. The van der Waals surface area contributed by atoms with Crippen molar-refractivity contribution in [2.45, 2.75) is 0 Å². The van der Waals surface area contributed by atoms with Crippen LogP contribution in [0, 0.1) is 11.6 Å². The molecule has 0 unspecified atom stereocenters. The monoisotopic (exact) mass is 207 g/mol. The van der Waals surface area contributed by atoms with E-state index in [-0.39, 0.29) is 16.9 Å². The summed E-state index contributed by atoms with van der Waals surface area (Å²) in [5.74, 6) is -1.29. The van der Waals surface area contributed by atoms with Gasteiger partial charge in [0.2, 0.25) is 0 Å². The van der Waals surface area contributed by atoms with Crippen molar-refractivity contribution in [3.8, 4) is 11.3 Å². The van der Waals surface area contributed by atoms with Crippen molar-refractivity contribution in [3.63, 3.8) is 0 Å². The number of aromatic nitrogens is 2. The van der Waals surface area contributed by atoms with Crippen LogP contribution >= 0.6 is 0 Å². The Morgan fingerprint density at radius 1 is 1.07 bits per heavy atom. The second-order valence-corrected chi connectivity index (χ2v) is 2.94. The Kier molecular flexibility index (Phi) is 2.29. The molecule has 0 saturated carbocycles. The van der Waals surface area contributed by atoms with E-state index in [0.717, 1.165) is 12.1 Å². The maximum atomic E-state index is 13.4. The number of nitrogens with two attached hydrogens (primary N) is 1. The first-order valence-corrected chi connectivity index (χ1v) is 4.19. The van der Waals surface area contributed by atoms with Crippen molar-refractivity contribution in [2.24, 2.45) is 0 Å². The van der Waals surface area contributed by atoms with Crippen LogP contribution < -0.4 is 5.73 Å². The molecule has 0 aliphatic carbocycles. The largest absolute Gasteiger partial charge is 0.396 e. The lowest BCUT2D eigenvalue weighted by molar-refractivity contribution is 0.606. The molecule has 0 saturated heterocycles. The van der Waals surface area contributed by atoms with Crippen LogP contribution in [0.5, 0.6) is 0 Å². The van der Waals surface area contributed by atoms with Gasteiger partial charge >= 0.3 is 0 Å². The van der Waals surface area contributed by atoms with Crippen LogP contribution in [0.15, 0.2) is 30.7 Å². The Labute approximate surface area is 84.6 Å². The number of hydrogen-bond donors (Lipinski definition) is 1. The van der Waals surface area contributed by atoms with Gasteiger partial charge < -0.3 is 5.73 Å². The van der Waals surface area contributed by atoms with E-state index in [2.05, 4.69) is 9.97 Å². The van der Waals surface area contributed by atoms with Gasteiger partial charge in [-0.3, -0.25) is 9.97 Å². The summed E-state index contributed by atoms with van der Waals surface area (Å²) in [4.78, 5) is 7.64. The summed E-state index contributed by atoms with van der Waals surface area (Å²) >= 11 is 0. The zero-order chi connectivity index (χ0) is 10.8. The molecule has 2 aromatic rings. The minimum atomic E-state index is -0.669. The lowest BCUT2D eigenvalue weighted by Crippen LogP contribution is -1.95. The van der Waals surface area contributed by atoms with Gasteiger partial charge in [-0.05, 0) is 6.07 Å². The fraction of sp³-hybridized carbons (Fsp3) is 0. The highest BCUT2D eigenvalue weighted by atomic mass is 19.1. The van der Waals surface area contributed by atoms with Crippen molar-refractivity contribution in [1.29, 1.82) is 0 Å². The van der Waals surface area contributed by atoms with E-state index in [1.807, 2.05) is 0 Å². The van der Waals surface area contributed by atoms with Crippen LogP contribution in [0.3, 0.4) is 0 Å². The summed E-state index contributed by atoms with van der Waals surface area (Å²) in [7, 11) is 0. The molecule has 0 bridgehead atoms. The molecular weight excluding hydrogens is 200 g/mol. The predicted molar refractivity (Wildman–Crippen MR) is 51.8 cm³/mol. The Bertz CT molecular complexity index is 486. The van der Waals surface area contributed by atoms with Crippen LogP contribution in [0.2, 0.25) is 0 Å². The molecule has 0 aliphatic rings. The molecule has 1 aromatic carbocycles. The number of rotatable bonds is 1. The first-order valence-electron chi connectivity index (χ1n) is 4.19. The molecule has 0 amide bonds. The van der Waals surface area contributed by atoms with Crippen molar-refractivity contribution in [3.05, 3.63) is 42.4 Å². The average Bonchev–Trinajstić information content (AvgIpc) is 2.25. The molecule has 76 valence electrons.